The van der Waals surface area contributed by atoms with Crippen molar-refractivity contribution in [3.8, 4) is 24.2 Å². The molecule has 2 heteroatoms. The monoisotopic (exact) mass is 185 g/mol. The molecule has 0 aliphatic carbocycles. The second-order valence-corrected chi connectivity index (χ2v) is 3.04. The molecule has 0 aromatic heterocycles. The van der Waals surface area contributed by atoms with Gasteiger partial charge in [-0.25, -0.2) is 0 Å². The van der Waals surface area contributed by atoms with E-state index in [0.717, 1.165) is 5.56 Å². The molecule has 1 unspecified atom stereocenters. The van der Waals surface area contributed by atoms with Crippen molar-refractivity contribution in [2.24, 2.45) is 0 Å². The van der Waals surface area contributed by atoms with Gasteiger partial charge in [-0.1, -0.05) is 12.0 Å². The van der Waals surface area contributed by atoms with Crippen LogP contribution in [0, 0.1) is 30.6 Å². The summed E-state index contributed by atoms with van der Waals surface area (Å²) >= 11 is 0. The van der Waals surface area contributed by atoms with Crippen molar-refractivity contribution < 1.29 is 4.74 Å². The van der Waals surface area contributed by atoms with Crippen molar-refractivity contribution in [3.05, 3.63) is 29.3 Å². The highest BCUT2D eigenvalue weighted by Crippen LogP contribution is 2.19. The molecular formula is C12H11NO. The van der Waals surface area contributed by atoms with Crippen LogP contribution in [-0.2, 0) is 0 Å². The lowest BCUT2D eigenvalue weighted by molar-refractivity contribution is 0.278. The minimum atomic E-state index is -0.315. The molecule has 0 N–H and O–H groups in total. The van der Waals surface area contributed by atoms with E-state index in [1.807, 2.05) is 13.0 Å². The summed E-state index contributed by atoms with van der Waals surface area (Å²) in [4.78, 5) is 0. The predicted octanol–water partition coefficient (Wildman–Crippen LogP) is 2.27. The summed E-state index contributed by atoms with van der Waals surface area (Å²) in [6, 6.07) is 7.50. The Morgan fingerprint density at radius 2 is 2.21 bits per heavy atom. The second-order valence-electron chi connectivity index (χ2n) is 3.04. The Kier molecular flexibility index (Phi) is 3.15. The first-order valence-corrected chi connectivity index (χ1v) is 4.31. The van der Waals surface area contributed by atoms with Gasteiger partial charge in [0.15, 0.2) is 6.10 Å². The standard InChI is InChI=1S/C12H11NO/c1-4-10(3)14-12-6-5-9(2)7-11(12)8-13/h1,5-7,10H,2-3H3. The Balaban J connectivity index is 2.99. The van der Waals surface area contributed by atoms with Gasteiger partial charge in [0.25, 0.3) is 0 Å². The summed E-state index contributed by atoms with van der Waals surface area (Å²) in [5.74, 6) is 2.99. The average Bonchev–Trinajstić information content (AvgIpc) is 2.20. The van der Waals surface area contributed by atoms with Crippen LogP contribution in [0.15, 0.2) is 18.2 Å². The third-order valence-corrected chi connectivity index (χ3v) is 1.79. The molecule has 0 saturated heterocycles. The van der Waals surface area contributed by atoms with E-state index in [1.54, 1.807) is 19.1 Å². The summed E-state index contributed by atoms with van der Waals surface area (Å²) in [6.45, 7) is 3.69. The van der Waals surface area contributed by atoms with Gasteiger partial charge in [0.2, 0.25) is 0 Å². The van der Waals surface area contributed by atoms with E-state index in [9.17, 15) is 0 Å². The first-order chi connectivity index (χ1) is 6.67. The van der Waals surface area contributed by atoms with Gasteiger partial charge in [0, 0.05) is 0 Å². The van der Waals surface area contributed by atoms with E-state index in [0.29, 0.717) is 11.3 Å². The van der Waals surface area contributed by atoms with Crippen molar-refractivity contribution in [2.45, 2.75) is 20.0 Å². The van der Waals surface area contributed by atoms with Gasteiger partial charge in [0.05, 0.1) is 5.56 Å². The van der Waals surface area contributed by atoms with Crippen molar-refractivity contribution in [2.75, 3.05) is 0 Å². The molecule has 0 bridgehead atoms. The molecule has 1 rings (SSSR count). The van der Waals surface area contributed by atoms with Crippen LogP contribution in [0.1, 0.15) is 18.1 Å². The molecule has 1 aromatic carbocycles. The van der Waals surface area contributed by atoms with Crippen LogP contribution in [0.5, 0.6) is 5.75 Å². The fourth-order valence-corrected chi connectivity index (χ4v) is 1.06. The highest BCUT2D eigenvalue weighted by Gasteiger charge is 2.05. The van der Waals surface area contributed by atoms with E-state index in [-0.39, 0.29) is 6.10 Å². The Hall–Kier alpha value is -1.93. The fourth-order valence-electron chi connectivity index (χ4n) is 1.06. The van der Waals surface area contributed by atoms with Crippen LogP contribution < -0.4 is 4.74 Å². The molecule has 0 spiro atoms. The zero-order valence-electron chi connectivity index (χ0n) is 8.24. The molecule has 0 aliphatic rings. The molecule has 2 nitrogen and oxygen atoms in total. The summed E-state index contributed by atoms with van der Waals surface area (Å²) in [6.07, 6.45) is 4.87. The molecule has 1 atom stereocenters. The van der Waals surface area contributed by atoms with Crippen LogP contribution in [0.2, 0.25) is 0 Å². The summed E-state index contributed by atoms with van der Waals surface area (Å²) in [5, 5.41) is 8.85. The maximum absolute atomic E-state index is 8.85. The third-order valence-electron chi connectivity index (χ3n) is 1.79. The summed E-state index contributed by atoms with van der Waals surface area (Å²) < 4.78 is 5.38. The van der Waals surface area contributed by atoms with Gasteiger partial charge >= 0.3 is 0 Å². The molecular weight excluding hydrogens is 174 g/mol. The third kappa shape index (κ3) is 2.28. The number of aryl methyl sites for hydroxylation is 1. The van der Waals surface area contributed by atoms with Crippen LogP contribution in [0.4, 0.5) is 0 Å². The molecule has 0 heterocycles. The smallest absolute Gasteiger partial charge is 0.156 e. The number of nitriles is 1. The molecule has 0 saturated carbocycles. The minimum absolute atomic E-state index is 0.315. The molecule has 0 fully saturated rings. The van der Waals surface area contributed by atoms with Crippen molar-refractivity contribution in [1.29, 1.82) is 5.26 Å². The number of terminal acetylenes is 1. The molecule has 14 heavy (non-hydrogen) atoms. The van der Waals surface area contributed by atoms with Crippen molar-refractivity contribution in [1.82, 2.24) is 0 Å². The maximum atomic E-state index is 8.85. The minimum Gasteiger partial charge on any atom is -0.477 e. The molecule has 0 radical (unpaired) electrons. The lowest BCUT2D eigenvalue weighted by atomic mass is 10.1. The van der Waals surface area contributed by atoms with E-state index >= 15 is 0 Å². The largest absolute Gasteiger partial charge is 0.477 e. The molecule has 1 aromatic rings. The molecule has 0 amide bonds. The van der Waals surface area contributed by atoms with Gasteiger partial charge < -0.3 is 4.74 Å². The van der Waals surface area contributed by atoms with E-state index in [1.165, 1.54) is 0 Å². The summed E-state index contributed by atoms with van der Waals surface area (Å²) in [5.41, 5.74) is 1.55. The van der Waals surface area contributed by atoms with E-state index in [4.69, 9.17) is 16.4 Å². The van der Waals surface area contributed by atoms with E-state index in [2.05, 4.69) is 12.0 Å². The summed E-state index contributed by atoms with van der Waals surface area (Å²) in [7, 11) is 0. The first-order valence-electron chi connectivity index (χ1n) is 4.31. The Bertz CT molecular complexity index is 409. The van der Waals surface area contributed by atoms with Gasteiger partial charge in [-0.15, -0.1) is 6.42 Å². The van der Waals surface area contributed by atoms with Crippen LogP contribution in [0.3, 0.4) is 0 Å². The van der Waals surface area contributed by atoms with Crippen molar-refractivity contribution in [3.63, 3.8) is 0 Å². The Morgan fingerprint density at radius 1 is 1.50 bits per heavy atom. The zero-order chi connectivity index (χ0) is 10.6. The highest BCUT2D eigenvalue weighted by molar-refractivity contribution is 5.45. The van der Waals surface area contributed by atoms with Crippen LogP contribution >= 0.6 is 0 Å². The maximum Gasteiger partial charge on any atom is 0.156 e. The van der Waals surface area contributed by atoms with Crippen LogP contribution in [0.25, 0.3) is 0 Å². The normalized spacial score (nSPS) is 11.1. The quantitative estimate of drug-likeness (QED) is 0.662. The van der Waals surface area contributed by atoms with Gasteiger partial charge in [-0.3, -0.25) is 0 Å². The Morgan fingerprint density at radius 3 is 2.79 bits per heavy atom. The van der Waals surface area contributed by atoms with Gasteiger partial charge in [-0.05, 0) is 31.5 Å². The second kappa shape index (κ2) is 4.35. The lowest BCUT2D eigenvalue weighted by Gasteiger charge is -2.10. The van der Waals surface area contributed by atoms with Crippen molar-refractivity contribution >= 4 is 0 Å². The van der Waals surface area contributed by atoms with E-state index < -0.39 is 0 Å². The Labute approximate surface area is 84.1 Å². The zero-order valence-corrected chi connectivity index (χ0v) is 8.24. The molecule has 0 aliphatic heterocycles. The first kappa shape index (κ1) is 10.2. The molecule has 70 valence electrons. The number of ether oxygens (including phenoxy) is 1. The highest BCUT2D eigenvalue weighted by atomic mass is 16.5. The van der Waals surface area contributed by atoms with Gasteiger partial charge in [0.1, 0.15) is 11.8 Å². The fraction of sp³-hybridized carbons (Fsp3) is 0.250. The van der Waals surface area contributed by atoms with Crippen LogP contribution in [-0.4, -0.2) is 6.10 Å². The number of benzene rings is 1. The topological polar surface area (TPSA) is 33.0 Å². The number of hydrogen-bond acceptors (Lipinski definition) is 2. The number of nitrogens with zero attached hydrogens (tertiary/aromatic N) is 1. The SMILES string of the molecule is C#CC(C)Oc1ccc(C)cc1C#N. The number of hydrogen-bond donors (Lipinski definition) is 0. The van der Waals surface area contributed by atoms with Gasteiger partial charge in [-0.2, -0.15) is 5.26 Å². The number of rotatable bonds is 2. The average molecular weight is 185 g/mol. The predicted molar refractivity (Wildman–Crippen MR) is 54.8 cm³/mol. The lowest BCUT2D eigenvalue weighted by Crippen LogP contribution is -2.09.